The van der Waals surface area contributed by atoms with Gasteiger partial charge in [0, 0.05) is 29.1 Å². The summed E-state index contributed by atoms with van der Waals surface area (Å²) >= 11 is 0. The van der Waals surface area contributed by atoms with Crippen LogP contribution in [-0.2, 0) is 4.79 Å². The summed E-state index contributed by atoms with van der Waals surface area (Å²) in [6, 6.07) is 15.0. The summed E-state index contributed by atoms with van der Waals surface area (Å²) < 4.78 is 0. The summed E-state index contributed by atoms with van der Waals surface area (Å²) in [4.78, 5) is 31.6. The van der Waals surface area contributed by atoms with Crippen molar-refractivity contribution >= 4 is 22.7 Å². The van der Waals surface area contributed by atoms with E-state index in [2.05, 4.69) is 10.3 Å². The highest BCUT2D eigenvalue weighted by Crippen LogP contribution is 2.44. The molecular formula is C22H23N3O2. The van der Waals surface area contributed by atoms with Crippen LogP contribution in [0.1, 0.15) is 42.9 Å². The average molecular weight is 361 g/mol. The molecule has 0 bridgehead atoms. The molecule has 3 aromatic rings. The minimum atomic E-state index is -0.696. The maximum atomic E-state index is 13.7. The van der Waals surface area contributed by atoms with E-state index in [1.54, 1.807) is 11.9 Å². The van der Waals surface area contributed by atoms with Gasteiger partial charge in [0.15, 0.2) is 0 Å². The fourth-order valence-electron chi connectivity index (χ4n) is 4.01. The number of fused-ring (bicyclic) bond motifs is 5. The largest absolute Gasteiger partial charge is 0.357 e. The first-order valence-electron chi connectivity index (χ1n) is 9.10. The molecule has 2 aromatic carbocycles. The lowest BCUT2D eigenvalue weighted by molar-refractivity contribution is -0.127. The standard InChI is InChI=1S/C22H23N3O2/c1-22(2,3)25-19(20(26)23-4)14-10-6-5-9-13(14)17-15-11-7-8-12-16(15)24-18(17)21(25)27/h5-12,19,24H,1-4H3,(H,23,26). The number of rotatable bonds is 1. The normalized spacial score (nSPS) is 16.7. The number of nitrogens with one attached hydrogen (secondary N) is 2. The first kappa shape index (κ1) is 17.3. The first-order valence-corrected chi connectivity index (χ1v) is 9.10. The summed E-state index contributed by atoms with van der Waals surface area (Å²) in [6.45, 7) is 5.87. The molecule has 5 heteroatoms. The third-order valence-corrected chi connectivity index (χ3v) is 5.14. The molecule has 0 saturated carbocycles. The second-order valence-corrected chi connectivity index (χ2v) is 7.87. The van der Waals surface area contributed by atoms with Crippen molar-refractivity contribution in [3.63, 3.8) is 0 Å². The SMILES string of the molecule is CNC(=O)C1c2ccccc2-c2c([nH]c3ccccc23)C(=O)N1C(C)(C)C. The number of carbonyl (C=O) groups excluding carboxylic acids is 2. The maximum absolute atomic E-state index is 13.7. The monoisotopic (exact) mass is 361 g/mol. The van der Waals surface area contributed by atoms with Crippen molar-refractivity contribution in [2.24, 2.45) is 0 Å². The van der Waals surface area contributed by atoms with Gasteiger partial charge >= 0.3 is 0 Å². The topological polar surface area (TPSA) is 65.2 Å². The van der Waals surface area contributed by atoms with Gasteiger partial charge in [0.2, 0.25) is 5.91 Å². The zero-order valence-electron chi connectivity index (χ0n) is 16.0. The smallest absolute Gasteiger partial charge is 0.272 e. The Balaban J connectivity index is 2.13. The van der Waals surface area contributed by atoms with Crippen LogP contribution >= 0.6 is 0 Å². The van der Waals surface area contributed by atoms with Gasteiger partial charge < -0.3 is 15.2 Å². The molecule has 4 rings (SSSR count). The van der Waals surface area contributed by atoms with Crippen LogP contribution in [0, 0.1) is 0 Å². The number of hydrogen-bond acceptors (Lipinski definition) is 2. The first-order chi connectivity index (χ1) is 12.8. The quantitative estimate of drug-likeness (QED) is 0.691. The number of para-hydroxylation sites is 1. The van der Waals surface area contributed by atoms with Crippen LogP contribution in [0.2, 0.25) is 0 Å². The minimum absolute atomic E-state index is 0.168. The van der Waals surface area contributed by atoms with Crippen molar-refractivity contribution in [1.29, 1.82) is 0 Å². The number of benzene rings is 2. The van der Waals surface area contributed by atoms with E-state index >= 15 is 0 Å². The molecule has 1 aromatic heterocycles. The number of carbonyl (C=O) groups is 2. The van der Waals surface area contributed by atoms with Crippen molar-refractivity contribution < 1.29 is 9.59 Å². The number of aromatic nitrogens is 1. The minimum Gasteiger partial charge on any atom is -0.357 e. The average Bonchev–Trinajstić information content (AvgIpc) is 2.98. The van der Waals surface area contributed by atoms with Crippen LogP contribution in [0.15, 0.2) is 48.5 Å². The molecule has 1 atom stereocenters. The molecular weight excluding hydrogens is 338 g/mol. The molecule has 0 radical (unpaired) electrons. The van der Waals surface area contributed by atoms with Gasteiger partial charge in [-0.25, -0.2) is 0 Å². The Morgan fingerprint density at radius 3 is 2.44 bits per heavy atom. The third kappa shape index (κ3) is 2.53. The predicted octanol–water partition coefficient (Wildman–Crippen LogP) is 3.88. The van der Waals surface area contributed by atoms with Gasteiger partial charge in [0.1, 0.15) is 11.7 Å². The van der Waals surface area contributed by atoms with Gasteiger partial charge in [-0.2, -0.15) is 0 Å². The highest BCUT2D eigenvalue weighted by Gasteiger charge is 2.43. The number of aromatic amines is 1. The van der Waals surface area contributed by atoms with Crippen LogP contribution in [-0.4, -0.2) is 34.3 Å². The Labute approximate surface area is 158 Å². The molecule has 5 nitrogen and oxygen atoms in total. The fourth-order valence-corrected chi connectivity index (χ4v) is 4.01. The van der Waals surface area contributed by atoms with E-state index < -0.39 is 11.6 Å². The highest BCUT2D eigenvalue weighted by atomic mass is 16.2. The van der Waals surface area contributed by atoms with Crippen LogP contribution < -0.4 is 5.32 Å². The van der Waals surface area contributed by atoms with Gasteiger partial charge in [-0.05, 0) is 38.0 Å². The summed E-state index contributed by atoms with van der Waals surface area (Å²) in [5.74, 6) is -0.362. The molecule has 138 valence electrons. The number of likely N-dealkylation sites (N-methyl/N-ethyl adjacent to an activating group) is 1. The molecule has 2 amide bonds. The Kier molecular flexibility index (Phi) is 3.84. The lowest BCUT2D eigenvalue weighted by Crippen LogP contribution is -2.51. The zero-order valence-corrected chi connectivity index (χ0v) is 16.0. The maximum Gasteiger partial charge on any atom is 0.272 e. The summed E-state index contributed by atoms with van der Waals surface area (Å²) in [6.07, 6.45) is 0. The Hall–Kier alpha value is -3.08. The van der Waals surface area contributed by atoms with E-state index in [4.69, 9.17) is 0 Å². The molecule has 1 aliphatic heterocycles. The summed E-state index contributed by atoms with van der Waals surface area (Å²) in [7, 11) is 1.61. The summed E-state index contributed by atoms with van der Waals surface area (Å²) in [5.41, 5.74) is 3.53. The Morgan fingerprint density at radius 2 is 1.74 bits per heavy atom. The number of H-pyrrole nitrogens is 1. The lowest BCUT2D eigenvalue weighted by Gasteiger charge is -2.40. The van der Waals surface area contributed by atoms with Gasteiger partial charge in [-0.1, -0.05) is 42.5 Å². The van der Waals surface area contributed by atoms with Crippen LogP contribution in [0.25, 0.3) is 22.0 Å². The molecule has 0 aliphatic carbocycles. The fraction of sp³-hybridized carbons (Fsp3) is 0.273. The van der Waals surface area contributed by atoms with E-state index in [0.29, 0.717) is 5.69 Å². The molecule has 2 N–H and O–H groups in total. The lowest BCUT2D eigenvalue weighted by atomic mass is 9.92. The van der Waals surface area contributed by atoms with Crippen molar-refractivity contribution in [2.75, 3.05) is 7.05 Å². The van der Waals surface area contributed by atoms with Crippen molar-refractivity contribution in [3.05, 3.63) is 59.8 Å². The van der Waals surface area contributed by atoms with Gasteiger partial charge in [-0.15, -0.1) is 0 Å². The van der Waals surface area contributed by atoms with E-state index in [9.17, 15) is 9.59 Å². The Bertz CT molecular complexity index is 1060. The molecule has 0 saturated heterocycles. The molecule has 0 fully saturated rings. The predicted molar refractivity (Wildman–Crippen MR) is 106 cm³/mol. The van der Waals surface area contributed by atoms with E-state index in [0.717, 1.165) is 27.6 Å². The molecule has 1 aliphatic rings. The van der Waals surface area contributed by atoms with Gasteiger partial charge in [0.05, 0.1) is 0 Å². The Morgan fingerprint density at radius 1 is 1.07 bits per heavy atom. The molecule has 0 spiro atoms. The van der Waals surface area contributed by atoms with Crippen molar-refractivity contribution in [1.82, 2.24) is 15.2 Å². The summed E-state index contributed by atoms with van der Waals surface area (Å²) in [5, 5.41) is 3.72. The van der Waals surface area contributed by atoms with Crippen molar-refractivity contribution in [2.45, 2.75) is 32.4 Å². The van der Waals surface area contributed by atoms with Crippen LogP contribution in [0.3, 0.4) is 0 Å². The van der Waals surface area contributed by atoms with Crippen LogP contribution in [0.5, 0.6) is 0 Å². The van der Waals surface area contributed by atoms with Gasteiger partial charge in [-0.3, -0.25) is 9.59 Å². The second-order valence-electron chi connectivity index (χ2n) is 7.87. The van der Waals surface area contributed by atoms with E-state index in [-0.39, 0.29) is 11.8 Å². The molecule has 1 unspecified atom stereocenters. The van der Waals surface area contributed by atoms with Crippen LogP contribution in [0.4, 0.5) is 0 Å². The van der Waals surface area contributed by atoms with E-state index in [1.165, 1.54) is 0 Å². The second kappa shape index (κ2) is 5.98. The number of amides is 2. The highest BCUT2D eigenvalue weighted by molar-refractivity contribution is 6.13. The van der Waals surface area contributed by atoms with Gasteiger partial charge in [0.25, 0.3) is 5.91 Å². The third-order valence-electron chi connectivity index (χ3n) is 5.14. The number of nitrogens with zero attached hydrogens (tertiary/aromatic N) is 1. The molecule has 27 heavy (non-hydrogen) atoms. The number of hydrogen-bond donors (Lipinski definition) is 2. The zero-order chi connectivity index (χ0) is 19.3. The molecule has 2 heterocycles. The van der Waals surface area contributed by atoms with E-state index in [1.807, 2.05) is 69.3 Å². The van der Waals surface area contributed by atoms with Crippen molar-refractivity contribution in [3.8, 4) is 11.1 Å².